The van der Waals surface area contributed by atoms with Gasteiger partial charge in [0, 0.05) is 19.9 Å². The first-order chi connectivity index (χ1) is 8.73. The van der Waals surface area contributed by atoms with Gasteiger partial charge in [-0.15, -0.1) is 0 Å². The van der Waals surface area contributed by atoms with Crippen LogP contribution < -0.4 is 5.32 Å². The average Bonchev–Trinajstić information content (AvgIpc) is 2.67. The molecule has 1 saturated heterocycles. The Labute approximate surface area is 111 Å². The van der Waals surface area contributed by atoms with Crippen molar-refractivity contribution in [1.82, 2.24) is 10.2 Å². The van der Waals surface area contributed by atoms with Crippen LogP contribution in [0.3, 0.4) is 0 Å². The number of nitrogens with one attached hydrogen (secondary N) is 1. The zero-order chi connectivity index (χ0) is 14.7. The van der Waals surface area contributed by atoms with Gasteiger partial charge in [0.1, 0.15) is 12.1 Å². The molecular weight excluding hydrogens is 252 g/mol. The molecular formula is C12H20N2O5. The standard InChI is InChI=1S/C12H20N2O5/c1-6(2)10(12(18)19)13-11(17)9-4-8(16)5-14(9)7(3)15/h6,8-10,16H,4-5H2,1-3H3,(H,13,17)(H,18,19)/t8-,9+,10+/m1/s1. The summed E-state index contributed by atoms with van der Waals surface area (Å²) in [6, 6.07) is -1.80. The van der Waals surface area contributed by atoms with E-state index in [0.29, 0.717) is 0 Å². The van der Waals surface area contributed by atoms with E-state index in [1.54, 1.807) is 13.8 Å². The zero-order valence-electron chi connectivity index (χ0n) is 11.3. The van der Waals surface area contributed by atoms with Crippen LogP contribution in [-0.4, -0.2) is 57.6 Å². The summed E-state index contributed by atoms with van der Waals surface area (Å²) in [5, 5.41) is 21.0. The van der Waals surface area contributed by atoms with E-state index < -0.39 is 30.1 Å². The SMILES string of the molecule is CC(=O)N1C[C@H](O)C[C@H]1C(=O)N[C@H](C(=O)O)C(C)C. The van der Waals surface area contributed by atoms with Crippen LogP contribution in [0.1, 0.15) is 27.2 Å². The van der Waals surface area contributed by atoms with E-state index in [2.05, 4.69) is 5.32 Å². The molecule has 3 atom stereocenters. The summed E-state index contributed by atoms with van der Waals surface area (Å²) in [7, 11) is 0. The molecule has 2 amide bonds. The lowest BCUT2D eigenvalue weighted by Gasteiger charge is -2.25. The van der Waals surface area contributed by atoms with Gasteiger partial charge in [0.25, 0.3) is 0 Å². The van der Waals surface area contributed by atoms with Crippen LogP contribution >= 0.6 is 0 Å². The summed E-state index contributed by atoms with van der Waals surface area (Å²) in [4.78, 5) is 35.7. The van der Waals surface area contributed by atoms with Crippen molar-refractivity contribution in [2.75, 3.05) is 6.54 Å². The number of β-amino-alcohol motifs (C(OH)–C–C–N with tert-alkyl or cyclic N) is 1. The lowest BCUT2D eigenvalue weighted by atomic mass is 10.0. The molecule has 1 aliphatic heterocycles. The third-order valence-electron chi connectivity index (χ3n) is 3.22. The first-order valence-corrected chi connectivity index (χ1v) is 6.22. The maximum Gasteiger partial charge on any atom is 0.326 e. The molecule has 0 radical (unpaired) electrons. The number of carboxylic acids is 1. The molecule has 1 fully saturated rings. The zero-order valence-corrected chi connectivity index (χ0v) is 11.3. The van der Waals surface area contributed by atoms with Gasteiger partial charge in [-0.1, -0.05) is 13.8 Å². The van der Waals surface area contributed by atoms with Crippen molar-refractivity contribution in [3.63, 3.8) is 0 Å². The van der Waals surface area contributed by atoms with Crippen LogP contribution in [0, 0.1) is 5.92 Å². The maximum absolute atomic E-state index is 12.0. The first-order valence-electron chi connectivity index (χ1n) is 6.22. The summed E-state index contributed by atoms with van der Waals surface area (Å²) in [6.45, 7) is 4.79. The minimum Gasteiger partial charge on any atom is -0.480 e. The summed E-state index contributed by atoms with van der Waals surface area (Å²) in [6.07, 6.45) is -0.613. The molecule has 19 heavy (non-hydrogen) atoms. The Morgan fingerprint density at radius 1 is 1.32 bits per heavy atom. The minimum absolute atomic E-state index is 0.104. The third kappa shape index (κ3) is 3.66. The van der Waals surface area contributed by atoms with Crippen molar-refractivity contribution >= 4 is 17.8 Å². The highest BCUT2D eigenvalue weighted by atomic mass is 16.4. The van der Waals surface area contributed by atoms with Crippen LogP contribution in [0.25, 0.3) is 0 Å². The molecule has 7 heteroatoms. The summed E-state index contributed by atoms with van der Waals surface area (Å²) >= 11 is 0. The molecule has 0 aromatic carbocycles. The van der Waals surface area contributed by atoms with E-state index in [1.807, 2.05) is 0 Å². The molecule has 0 aromatic heterocycles. The highest BCUT2D eigenvalue weighted by molar-refractivity contribution is 5.90. The predicted octanol–water partition coefficient (Wildman–Crippen LogP) is -0.806. The lowest BCUT2D eigenvalue weighted by Crippen LogP contribution is -2.52. The smallest absolute Gasteiger partial charge is 0.326 e. The van der Waals surface area contributed by atoms with Crippen LogP contribution in [0.4, 0.5) is 0 Å². The topological polar surface area (TPSA) is 107 Å². The van der Waals surface area contributed by atoms with E-state index >= 15 is 0 Å². The van der Waals surface area contributed by atoms with Crippen LogP contribution in [0.5, 0.6) is 0 Å². The second-order valence-electron chi connectivity index (χ2n) is 5.15. The second kappa shape index (κ2) is 6.01. The fraction of sp³-hybridized carbons (Fsp3) is 0.750. The van der Waals surface area contributed by atoms with Crippen molar-refractivity contribution in [1.29, 1.82) is 0 Å². The Balaban J connectivity index is 2.76. The van der Waals surface area contributed by atoms with Gasteiger partial charge in [-0.2, -0.15) is 0 Å². The van der Waals surface area contributed by atoms with Gasteiger partial charge < -0.3 is 20.4 Å². The Bertz CT molecular complexity index is 382. The molecule has 0 bridgehead atoms. The third-order valence-corrected chi connectivity index (χ3v) is 3.22. The van der Waals surface area contributed by atoms with E-state index in [0.717, 1.165) is 0 Å². The highest BCUT2D eigenvalue weighted by Crippen LogP contribution is 2.18. The van der Waals surface area contributed by atoms with Crippen molar-refractivity contribution in [2.45, 2.75) is 45.4 Å². The molecule has 0 aromatic rings. The van der Waals surface area contributed by atoms with Gasteiger partial charge in [0.05, 0.1) is 6.10 Å². The number of carbonyl (C=O) groups excluding carboxylic acids is 2. The van der Waals surface area contributed by atoms with E-state index in [1.165, 1.54) is 11.8 Å². The Hall–Kier alpha value is -1.63. The largest absolute Gasteiger partial charge is 0.480 e. The number of aliphatic hydroxyl groups excluding tert-OH is 1. The second-order valence-corrected chi connectivity index (χ2v) is 5.15. The van der Waals surface area contributed by atoms with Crippen LogP contribution in [-0.2, 0) is 14.4 Å². The van der Waals surface area contributed by atoms with Crippen LogP contribution in [0.15, 0.2) is 0 Å². The number of rotatable bonds is 4. The molecule has 108 valence electrons. The molecule has 1 heterocycles. The molecule has 3 N–H and O–H groups in total. The number of carboxylic acid groups (broad SMARTS) is 1. The van der Waals surface area contributed by atoms with E-state index in [9.17, 15) is 19.5 Å². The predicted molar refractivity (Wildman–Crippen MR) is 66.2 cm³/mol. The summed E-state index contributed by atoms with van der Waals surface area (Å²) in [5.41, 5.74) is 0. The number of aliphatic hydroxyl groups is 1. The Morgan fingerprint density at radius 2 is 1.89 bits per heavy atom. The van der Waals surface area contributed by atoms with Gasteiger partial charge in [-0.25, -0.2) is 4.79 Å². The Kier molecular flexibility index (Phi) is 4.88. The van der Waals surface area contributed by atoms with Crippen molar-refractivity contribution in [3.8, 4) is 0 Å². The van der Waals surface area contributed by atoms with E-state index in [4.69, 9.17) is 5.11 Å². The number of amides is 2. The molecule has 7 nitrogen and oxygen atoms in total. The fourth-order valence-corrected chi connectivity index (χ4v) is 2.17. The lowest BCUT2D eigenvalue weighted by molar-refractivity contribution is -0.144. The van der Waals surface area contributed by atoms with Gasteiger partial charge in [-0.05, 0) is 5.92 Å². The number of carbonyl (C=O) groups is 3. The molecule has 1 aliphatic rings. The van der Waals surface area contributed by atoms with Crippen LogP contribution in [0.2, 0.25) is 0 Å². The number of likely N-dealkylation sites (tertiary alicyclic amines) is 1. The van der Waals surface area contributed by atoms with Gasteiger partial charge in [0.2, 0.25) is 11.8 Å². The fourth-order valence-electron chi connectivity index (χ4n) is 2.17. The number of hydrogen-bond acceptors (Lipinski definition) is 4. The van der Waals surface area contributed by atoms with Crippen molar-refractivity contribution in [2.24, 2.45) is 5.92 Å². The molecule has 0 unspecified atom stereocenters. The van der Waals surface area contributed by atoms with Gasteiger partial charge in [-0.3, -0.25) is 9.59 Å². The molecule has 0 spiro atoms. The van der Waals surface area contributed by atoms with E-state index in [-0.39, 0.29) is 24.8 Å². The quantitative estimate of drug-likeness (QED) is 0.620. The molecule has 0 aliphatic carbocycles. The molecule has 1 rings (SSSR count). The first kappa shape index (κ1) is 15.4. The number of aliphatic carboxylic acids is 1. The molecule has 0 saturated carbocycles. The summed E-state index contributed by atoms with van der Waals surface area (Å²) < 4.78 is 0. The monoisotopic (exact) mass is 272 g/mol. The maximum atomic E-state index is 12.0. The normalized spacial score (nSPS) is 24.4. The minimum atomic E-state index is -1.11. The number of nitrogens with zero attached hydrogens (tertiary/aromatic N) is 1. The Morgan fingerprint density at radius 3 is 2.32 bits per heavy atom. The van der Waals surface area contributed by atoms with Gasteiger partial charge in [0.15, 0.2) is 0 Å². The highest BCUT2D eigenvalue weighted by Gasteiger charge is 2.39. The number of hydrogen-bond donors (Lipinski definition) is 3. The average molecular weight is 272 g/mol. The summed E-state index contributed by atoms with van der Waals surface area (Å²) in [5.74, 6) is -2.23. The van der Waals surface area contributed by atoms with Gasteiger partial charge >= 0.3 is 5.97 Å². The van der Waals surface area contributed by atoms with Crippen molar-refractivity contribution < 1.29 is 24.6 Å². The van der Waals surface area contributed by atoms with Crippen molar-refractivity contribution in [3.05, 3.63) is 0 Å².